The summed E-state index contributed by atoms with van der Waals surface area (Å²) in [5, 5.41) is 7.25. The Hall–Kier alpha value is -1.85. The number of likely N-dealkylation sites (tertiary alicyclic amines) is 1. The minimum atomic E-state index is 0.812. The summed E-state index contributed by atoms with van der Waals surface area (Å²) >= 11 is 0. The van der Waals surface area contributed by atoms with Crippen molar-refractivity contribution in [2.24, 2.45) is 5.10 Å². The van der Waals surface area contributed by atoms with Crippen LogP contribution in [-0.4, -0.2) is 73.0 Å². The first-order valence-electron chi connectivity index (χ1n) is 11.0. The summed E-state index contributed by atoms with van der Waals surface area (Å²) < 4.78 is 5.58. The summed E-state index contributed by atoms with van der Waals surface area (Å²) in [6, 6.07) is 10.7. The van der Waals surface area contributed by atoms with Gasteiger partial charge in [-0.15, -0.1) is 0 Å². The summed E-state index contributed by atoms with van der Waals surface area (Å²) in [6.45, 7) is 11.4. The van der Waals surface area contributed by atoms with E-state index >= 15 is 0 Å². The van der Waals surface area contributed by atoms with Crippen LogP contribution >= 0.6 is 0 Å². The second-order valence-corrected chi connectivity index (χ2v) is 8.05. The highest BCUT2D eigenvalue weighted by molar-refractivity contribution is 6.03. The average molecular weight is 383 g/mol. The molecule has 4 rings (SSSR count). The Bertz CT molecular complexity index is 694. The predicted octanol–water partition coefficient (Wildman–Crippen LogP) is 3.34. The zero-order valence-corrected chi connectivity index (χ0v) is 17.3. The molecule has 3 heterocycles. The van der Waals surface area contributed by atoms with E-state index in [0.29, 0.717) is 0 Å². The van der Waals surface area contributed by atoms with Gasteiger partial charge < -0.3 is 9.64 Å². The van der Waals surface area contributed by atoms with Gasteiger partial charge in [-0.2, -0.15) is 5.10 Å². The number of nitrogens with zero attached hydrogens (tertiary/aromatic N) is 4. The molecular weight excluding hydrogens is 348 g/mol. The molecule has 152 valence electrons. The van der Waals surface area contributed by atoms with Gasteiger partial charge in [0.2, 0.25) is 0 Å². The lowest BCUT2D eigenvalue weighted by Crippen LogP contribution is -2.39. The van der Waals surface area contributed by atoms with Crippen molar-refractivity contribution in [2.75, 3.05) is 52.5 Å². The third-order valence-electron chi connectivity index (χ3n) is 6.00. The minimum Gasteiger partial charge on any atom is -0.382 e. The fraction of sp³-hybridized carbons (Fsp3) is 0.609. The summed E-state index contributed by atoms with van der Waals surface area (Å²) in [4.78, 5) is 5.25. The Kier molecular flexibility index (Phi) is 6.65. The normalized spacial score (nSPS) is 20.1. The SMILES string of the molecule is CCOCCCN1CCC2=NN(Cc3ccccc3)CC2=C1CN1CCCC1. The maximum atomic E-state index is 5.58. The molecule has 1 aromatic rings. The monoisotopic (exact) mass is 382 g/mol. The quantitative estimate of drug-likeness (QED) is 0.613. The van der Waals surface area contributed by atoms with Gasteiger partial charge in [-0.3, -0.25) is 9.91 Å². The van der Waals surface area contributed by atoms with E-state index in [1.165, 1.54) is 48.5 Å². The molecule has 3 aliphatic rings. The smallest absolute Gasteiger partial charge is 0.0691 e. The molecule has 0 radical (unpaired) electrons. The average Bonchev–Trinajstić information content (AvgIpc) is 3.37. The first-order valence-corrected chi connectivity index (χ1v) is 11.0. The van der Waals surface area contributed by atoms with E-state index in [1.807, 2.05) is 0 Å². The van der Waals surface area contributed by atoms with Crippen molar-refractivity contribution >= 4 is 5.71 Å². The number of hydrogen-bond donors (Lipinski definition) is 0. The Morgan fingerprint density at radius 1 is 1.04 bits per heavy atom. The van der Waals surface area contributed by atoms with Gasteiger partial charge in [0.15, 0.2) is 0 Å². The fourth-order valence-electron chi connectivity index (χ4n) is 4.55. The van der Waals surface area contributed by atoms with Crippen LogP contribution in [0.4, 0.5) is 0 Å². The van der Waals surface area contributed by atoms with Crippen LogP contribution in [0.2, 0.25) is 0 Å². The molecule has 0 aliphatic carbocycles. The lowest BCUT2D eigenvalue weighted by atomic mass is 9.99. The number of fused-ring (bicyclic) bond motifs is 1. The molecule has 1 saturated heterocycles. The second kappa shape index (κ2) is 9.57. The zero-order chi connectivity index (χ0) is 19.2. The Morgan fingerprint density at radius 2 is 1.86 bits per heavy atom. The largest absolute Gasteiger partial charge is 0.382 e. The molecule has 0 amide bonds. The van der Waals surface area contributed by atoms with Crippen LogP contribution < -0.4 is 0 Å². The number of ether oxygens (including phenoxy) is 1. The maximum absolute atomic E-state index is 5.58. The van der Waals surface area contributed by atoms with Gasteiger partial charge in [-0.05, 0) is 44.8 Å². The molecule has 28 heavy (non-hydrogen) atoms. The first kappa shape index (κ1) is 19.5. The zero-order valence-electron chi connectivity index (χ0n) is 17.3. The van der Waals surface area contributed by atoms with Crippen molar-refractivity contribution in [2.45, 2.75) is 39.2 Å². The molecule has 0 aromatic heterocycles. The molecular formula is C23H34N4O. The van der Waals surface area contributed by atoms with Crippen molar-refractivity contribution in [1.82, 2.24) is 14.8 Å². The lowest BCUT2D eigenvalue weighted by molar-refractivity contribution is 0.135. The summed E-state index contributed by atoms with van der Waals surface area (Å²) in [5.74, 6) is 0. The highest BCUT2D eigenvalue weighted by Crippen LogP contribution is 2.29. The molecule has 0 spiro atoms. The van der Waals surface area contributed by atoms with Crippen LogP contribution in [0.5, 0.6) is 0 Å². The Morgan fingerprint density at radius 3 is 2.64 bits per heavy atom. The Balaban J connectivity index is 1.48. The Labute approximate surface area is 169 Å². The highest BCUT2D eigenvalue weighted by Gasteiger charge is 2.31. The number of rotatable bonds is 9. The molecule has 1 fully saturated rings. The van der Waals surface area contributed by atoms with E-state index in [-0.39, 0.29) is 0 Å². The molecule has 5 heteroatoms. The molecule has 0 unspecified atom stereocenters. The van der Waals surface area contributed by atoms with Crippen molar-refractivity contribution in [3.8, 4) is 0 Å². The molecule has 0 atom stereocenters. The van der Waals surface area contributed by atoms with Gasteiger partial charge in [0, 0.05) is 50.5 Å². The van der Waals surface area contributed by atoms with Crippen molar-refractivity contribution in [1.29, 1.82) is 0 Å². The van der Waals surface area contributed by atoms with Crippen LogP contribution in [0, 0.1) is 0 Å². The van der Waals surface area contributed by atoms with E-state index < -0.39 is 0 Å². The lowest BCUT2D eigenvalue weighted by Gasteiger charge is -2.35. The maximum Gasteiger partial charge on any atom is 0.0691 e. The van der Waals surface area contributed by atoms with E-state index in [1.54, 1.807) is 0 Å². The van der Waals surface area contributed by atoms with Crippen LogP contribution in [0.1, 0.15) is 38.2 Å². The van der Waals surface area contributed by atoms with Crippen LogP contribution in [0.25, 0.3) is 0 Å². The van der Waals surface area contributed by atoms with E-state index in [4.69, 9.17) is 9.84 Å². The minimum absolute atomic E-state index is 0.812. The topological polar surface area (TPSA) is 31.3 Å². The molecule has 1 aromatic carbocycles. The van der Waals surface area contributed by atoms with Gasteiger partial charge in [-0.25, -0.2) is 0 Å². The van der Waals surface area contributed by atoms with Crippen molar-refractivity contribution < 1.29 is 4.74 Å². The molecule has 0 bridgehead atoms. The summed E-state index contributed by atoms with van der Waals surface area (Å²) in [5.41, 5.74) is 5.68. The van der Waals surface area contributed by atoms with Crippen LogP contribution in [0.15, 0.2) is 46.7 Å². The molecule has 0 saturated carbocycles. The van der Waals surface area contributed by atoms with E-state index in [0.717, 1.165) is 58.8 Å². The van der Waals surface area contributed by atoms with Gasteiger partial charge in [-0.1, -0.05) is 30.3 Å². The molecule has 3 aliphatic heterocycles. The summed E-state index contributed by atoms with van der Waals surface area (Å²) in [7, 11) is 0. The van der Waals surface area contributed by atoms with E-state index in [9.17, 15) is 0 Å². The summed E-state index contributed by atoms with van der Waals surface area (Å²) in [6.07, 6.45) is 4.85. The highest BCUT2D eigenvalue weighted by atomic mass is 16.5. The molecule has 0 N–H and O–H groups in total. The van der Waals surface area contributed by atoms with Crippen molar-refractivity contribution in [3.05, 3.63) is 47.2 Å². The van der Waals surface area contributed by atoms with Crippen LogP contribution in [-0.2, 0) is 11.3 Å². The second-order valence-electron chi connectivity index (χ2n) is 8.05. The van der Waals surface area contributed by atoms with Gasteiger partial charge in [0.25, 0.3) is 0 Å². The third kappa shape index (κ3) is 4.76. The van der Waals surface area contributed by atoms with E-state index in [2.05, 4.69) is 52.1 Å². The first-order chi connectivity index (χ1) is 13.8. The number of benzene rings is 1. The number of hydrazone groups is 1. The number of hydrogen-bond acceptors (Lipinski definition) is 5. The predicted molar refractivity (Wildman–Crippen MR) is 114 cm³/mol. The van der Waals surface area contributed by atoms with Crippen LogP contribution in [0.3, 0.4) is 0 Å². The van der Waals surface area contributed by atoms with Crippen molar-refractivity contribution in [3.63, 3.8) is 0 Å². The van der Waals surface area contributed by atoms with Gasteiger partial charge in [0.1, 0.15) is 0 Å². The standard InChI is InChI=1S/C23H34N4O/c1-2-28-16-8-14-26-15-11-22-21(23(26)19-25-12-6-7-13-25)18-27(24-22)17-20-9-4-3-5-10-20/h3-5,9-10H,2,6-8,11-19H2,1H3. The third-order valence-corrected chi connectivity index (χ3v) is 6.00. The van der Waals surface area contributed by atoms with Gasteiger partial charge >= 0.3 is 0 Å². The molecule has 5 nitrogen and oxygen atoms in total. The van der Waals surface area contributed by atoms with Gasteiger partial charge in [0.05, 0.1) is 18.8 Å². The fourth-order valence-corrected chi connectivity index (χ4v) is 4.55.